The number of nitrogens with two attached hydrogens (primary N) is 1. The first kappa shape index (κ1) is 16.5. The second-order valence-electron chi connectivity index (χ2n) is 5.41. The van der Waals surface area contributed by atoms with Crippen LogP contribution in [0.1, 0.15) is 42.1 Å². The van der Waals surface area contributed by atoms with Gasteiger partial charge in [-0.2, -0.15) is 0 Å². The minimum absolute atomic E-state index is 0.106. The Morgan fingerprint density at radius 3 is 2.43 bits per heavy atom. The van der Waals surface area contributed by atoms with Crippen LogP contribution in [0.2, 0.25) is 0 Å². The fourth-order valence-corrected chi connectivity index (χ4v) is 2.23. The topological polar surface area (TPSA) is 98.3 Å². The van der Waals surface area contributed by atoms with Crippen molar-refractivity contribution in [2.24, 2.45) is 5.73 Å². The highest BCUT2D eigenvalue weighted by atomic mass is 16.6. The van der Waals surface area contributed by atoms with Gasteiger partial charge in [0.25, 0.3) is 5.69 Å². The molecule has 0 radical (unpaired) electrons. The molecule has 1 amide bonds. The molecule has 1 atom stereocenters. The van der Waals surface area contributed by atoms with Gasteiger partial charge in [-0.25, -0.2) is 0 Å². The maximum Gasteiger partial charge on any atom is 0.293 e. The average Bonchev–Trinajstić information content (AvgIpc) is 2.54. The van der Waals surface area contributed by atoms with E-state index in [4.69, 9.17) is 5.73 Å². The quantitative estimate of drug-likeness (QED) is 0.623. The van der Waals surface area contributed by atoms with E-state index in [1.54, 1.807) is 0 Å². The molecule has 0 saturated heterocycles. The number of nitro benzene ring substituents is 1. The molecule has 0 bridgehead atoms. The minimum Gasteiger partial charge on any atom is -0.366 e. The summed E-state index contributed by atoms with van der Waals surface area (Å²) in [4.78, 5) is 21.8. The molecular formula is C17H19N3O3. The van der Waals surface area contributed by atoms with Crippen molar-refractivity contribution < 1.29 is 9.72 Å². The van der Waals surface area contributed by atoms with Crippen molar-refractivity contribution in [3.8, 4) is 0 Å². The number of nitro groups is 1. The monoisotopic (exact) mass is 313 g/mol. The standard InChI is InChI=1S/C17H19N3O3/c1-3-11(2)12-4-7-14(8-5-12)19-15-9-6-13(17(18)21)10-16(15)20(22)23/h4-11,19H,3H2,1-2H3,(H2,18,21)/t11-/m0/s1. The zero-order valence-corrected chi connectivity index (χ0v) is 13.1. The van der Waals surface area contributed by atoms with Gasteiger partial charge in [0.15, 0.2) is 0 Å². The number of primary amides is 1. The van der Waals surface area contributed by atoms with Crippen molar-refractivity contribution in [3.63, 3.8) is 0 Å². The van der Waals surface area contributed by atoms with Crippen LogP contribution in [0.15, 0.2) is 42.5 Å². The van der Waals surface area contributed by atoms with Crippen LogP contribution < -0.4 is 11.1 Å². The van der Waals surface area contributed by atoms with Crippen LogP contribution in [-0.4, -0.2) is 10.8 Å². The van der Waals surface area contributed by atoms with Crippen LogP contribution in [0.4, 0.5) is 17.1 Å². The number of hydrogen-bond acceptors (Lipinski definition) is 4. The Morgan fingerprint density at radius 2 is 1.91 bits per heavy atom. The second kappa shape index (κ2) is 6.91. The maximum absolute atomic E-state index is 11.2. The normalized spacial score (nSPS) is 11.7. The van der Waals surface area contributed by atoms with Crippen molar-refractivity contribution in [1.29, 1.82) is 0 Å². The molecule has 0 aliphatic carbocycles. The largest absolute Gasteiger partial charge is 0.366 e. The molecule has 0 heterocycles. The highest BCUT2D eigenvalue weighted by Crippen LogP contribution is 2.29. The zero-order valence-electron chi connectivity index (χ0n) is 13.1. The Bertz CT molecular complexity index is 726. The molecule has 2 aromatic rings. The van der Waals surface area contributed by atoms with E-state index in [2.05, 4.69) is 19.2 Å². The van der Waals surface area contributed by atoms with Gasteiger partial charge in [-0.1, -0.05) is 26.0 Å². The first-order valence-electron chi connectivity index (χ1n) is 7.37. The number of rotatable bonds is 6. The molecule has 120 valence electrons. The number of amides is 1. The molecule has 0 saturated carbocycles. The molecule has 0 unspecified atom stereocenters. The summed E-state index contributed by atoms with van der Waals surface area (Å²) in [7, 11) is 0. The third kappa shape index (κ3) is 3.85. The molecule has 23 heavy (non-hydrogen) atoms. The molecule has 0 aliphatic heterocycles. The van der Waals surface area contributed by atoms with Crippen LogP contribution in [0, 0.1) is 10.1 Å². The van der Waals surface area contributed by atoms with Gasteiger partial charge in [0.2, 0.25) is 5.91 Å². The highest BCUT2D eigenvalue weighted by molar-refractivity contribution is 5.94. The fourth-order valence-electron chi connectivity index (χ4n) is 2.23. The van der Waals surface area contributed by atoms with E-state index in [0.717, 1.165) is 12.1 Å². The van der Waals surface area contributed by atoms with E-state index < -0.39 is 10.8 Å². The number of carbonyl (C=O) groups excluding carboxylic acids is 1. The molecule has 3 N–H and O–H groups in total. The lowest BCUT2D eigenvalue weighted by Crippen LogP contribution is -2.11. The first-order chi connectivity index (χ1) is 10.9. The lowest BCUT2D eigenvalue weighted by Gasteiger charge is -2.11. The summed E-state index contributed by atoms with van der Waals surface area (Å²) in [5, 5.41) is 14.2. The SMILES string of the molecule is CC[C@H](C)c1ccc(Nc2ccc(C(N)=O)cc2[N+](=O)[O-])cc1. The molecule has 6 nitrogen and oxygen atoms in total. The summed E-state index contributed by atoms with van der Waals surface area (Å²) in [6.07, 6.45) is 1.05. The van der Waals surface area contributed by atoms with Gasteiger partial charge in [-0.05, 0) is 42.2 Å². The molecule has 2 rings (SSSR count). The molecule has 2 aromatic carbocycles. The zero-order chi connectivity index (χ0) is 17.0. The molecule has 6 heteroatoms. The number of carbonyl (C=O) groups is 1. The summed E-state index contributed by atoms with van der Waals surface area (Å²) in [5.41, 5.74) is 7.36. The average molecular weight is 313 g/mol. The van der Waals surface area contributed by atoms with E-state index in [1.165, 1.54) is 23.8 Å². The second-order valence-corrected chi connectivity index (χ2v) is 5.41. The first-order valence-corrected chi connectivity index (χ1v) is 7.37. The maximum atomic E-state index is 11.2. The third-order valence-electron chi connectivity index (χ3n) is 3.85. The number of nitrogens with one attached hydrogen (secondary N) is 1. The Morgan fingerprint density at radius 1 is 1.26 bits per heavy atom. The van der Waals surface area contributed by atoms with Gasteiger partial charge in [-0.15, -0.1) is 0 Å². The lowest BCUT2D eigenvalue weighted by atomic mass is 9.98. The van der Waals surface area contributed by atoms with E-state index in [1.807, 2.05) is 24.3 Å². The molecule has 0 fully saturated rings. The Balaban J connectivity index is 2.29. The highest BCUT2D eigenvalue weighted by Gasteiger charge is 2.16. The van der Waals surface area contributed by atoms with E-state index >= 15 is 0 Å². The summed E-state index contributed by atoms with van der Waals surface area (Å²) in [6.45, 7) is 4.27. The summed E-state index contributed by atoms with van der Waals surface area (Å²) >= 11 is 0. The van der Waals surface area contributed by atoms with Crippen molar-refractivity contribution in [3.05, 3.63) is 63.7 Å². The van der Waals surface area contributed by atoms with Crippen LogP contribution in [0.5, 0.6) is 0 Å². The van der Waals surface area contributed by atoms with Gasteiger partial charge in [0.05, 0.1) is 4.92 Å². The molecule has 0 aromatic heterocycles. The Kier molecular flexibility index (Phi) is 4.95. The third-order valence-corrected chi connectivity index (χ3v) is 3.85. The predicted octanol–water partition coefficient (Wildman–Crippen LogP) is 3.95. The smallest absolute Gasteiger partial charge is 0.293 e. The van der Waals surface area contributed by atoms with E-state index in [-0.39, 0.29) is 11.3 Å². The van der Waals surface area contributed by atoms with Crippen molar-refractivity contribution in [2.75, 3.05) is 5.32 Å². The predicted molar refractivity (Wildman–Crippen MR) is 90.0 cm³/mol. The summed E-state index contributed by atoms with van der Waals surface area (Å²) < 4.78 is 0. The molecular weight excluding hydrogens is 294 g/mol. The van der Waals surface area contributed by atoms with Crippen LogP contribution in [0.25, 0.3) is 0 Å². The van der Waals surface area contributed by atoms with E-state index in [0.29, 0.717) is 11.6 Å². The van der Waals surface area contributed by atoms with Crippen molar-refractivity contribution in [1.82, 2.24) is 0 Å². The lowest BCUT2D eigenvalue weighted by molar-refractivity contribution is -0.383. The van der Waals surface area contributed by atoms with Gasteiger partial charge < -0.3 is 11.1 Å². The molecule has 0 spiro atoms. The van der Waals surface area contributed by atoms with Gasteiger partial charge in [0.1, 0.15) is 5.69 Å². The van der Waals surface area contributed by atoms with E-state index in [9.17, 15) is 14.9 Å². The van der Waals surface area contributed by atoms with Crippen LogP contribution >= 0.6 is 0 Å². The minimum atomic E-state index is -0.697. The number of benzene rings is 2. The van der Waals surface area contributed by atoms with Crippen LogP contribution in [-0.2, 0) is 0 Å². The van der Waals surface area contributed by atoms with Gasteiger partial charge in [-0.3, -0.25) is 14.9 Å². The number of anilines is 2. The molecule has 0 aliphatic rings. The summed E-state index contributed by atoms with van der Waals surface area (Å²) in [6, 6.07) is 11.9. The fraction of sp³-hybridized carbons (Fsp3) is 0.235. The number of hydrogen-bond donors (Lipinski definition) is 2. The van der Waals surface area contributed by atoms with Crippen molar-refractivity contribution in [2.45, 2.75) is 26.2 Å². The Labute approximate surface area is 134 Å². The summed E-state index contributed by atoms with van der Waals surface area (Å²) in [5.74, 6) is -0.231. The van der Waals surface area contributed by atoms with Crippen LogP contribution in [0.3, 0.4) is 0 Å². The van der Waals surface area contributed by atoms with Gasteiger partial charge >= 0.3 is 0 Å². The van der Waals surface area contributed by atoms with Crippen molar-refractivity contribution >= 4 is 23.0 Å². The van der Waals surface area contributed by atoms with Gasteiger partial charge in [0, 0.05) is 17.3 Å². The Hall–Kier alpha value is -2.89. The number of nitrogens with zero attached hydrogens (tertiary/aromatic N) is 1.